The van der Waals surface area contributed by atoms with Crippen LogP contribution in [0.15, 0.2) is 18.2 Å². The van der Waals surface area contributed by atoms with Crippen molar-refractivity contribution in [1.29, 1.82) is 0 Å². The lowest BCUT2D eigenvalue weighted by Gasteiger charge is -2.05. The van der Waals surface area contributed by atoms with E-state index in [9.17, 15) is 4.79 Å². The fourth-order valence-corrected chi connectivity index (χ4v) is 2.28. The van der Waals surface area contributed by atoms with Crippen molar-refractivity contribution in [3.8, 4) is 0 Å². The molecule has 18 heavy (non-hydrogen) atoms. The van der Waals surface area contributed by atoms with Gasteiger partial charge in [0.1, 0.15) is 0 Å². The SMILES string of the molecule is CC(=O)c1nnn(Cc2cc(Cl)cc(Cl)c2)c1C. The second-order valence-corrected chi connectivity index (χ2v) is 4.89. The van der Waals surface area contributed by atoms with Gasteiger partial charge in [0, 0.05) is 17.0 Å². The second kappa shape index (κ2) is 5.08. The van der Waals surface area contributed by atoms with E-state index in [2.05, 4.69) is 10.3 Å². The molecule has 0 saturated carbocycles. The van der Waals surface area contributed by atoms with Crippen LogP contribution in [0.1, 0.15) is 28.7 Å². The molecule has 0 aliphatic rings. The van der Waals surface area contributed by atoms with Crippen LogP contribution in [-0.4, -0.2) is 20.8 Å². The average molecular weight is 284 g/mol. The Morgan fingerprint density at radius 1 is 1.28 bits per heavy atom. The number of hydrogen-bond donors (Lipinski definition) is 0. The highest BCUT2D eigenvalue weighted by molar-refractivity contribution is 6.34. The van der Waals surface area contributed by atoms with Crippen molar-refractivity contribution in [1.82, 2.24) is 15.0 Å². The van der Waals surface area contributed by atoms with Gasteiger partial charge in [-0.15, -0.1) is 5.10 Å². The maximum absolute atomic E-state index is 11.3. The van der Waals surface area contributed by atoms with E-state index in [0.717, 1.165) is 11.3 Å². The van der Waals surface area contributed by atoms with Gasteiger partial charge >= 0.3 is 0 Å². The van der Waals surface area contributed by atoms with E-state index in [1.165, 1.54) is 6.92 Å². The minimum Gasteiger partial charge on any atom is -0.293 e. The summed E-state index contributed by atoms with van der Waals surface area (Å²) in [5.74, 6) is -0.0946. The average Bonchev–Trinajstić information content (AvgIpc) is 2.59. The fraction of sp³-hybridized carbons (Fsp3) is 0.250. The molecule has 0 bridgehead atoms. The zero-order valence-electron chi connectivity index (χ0n) is 9.94. The lowest BCUT2D eigenvalue weighted by molar-refractivity contribution is 0.101. The van der Waals surface area contributed by atoms with E-state index in [4.69, 9.17) is 23.2 Å². The molecule has 0 radical (unpaired) electrons. The fourth-order valence-electron chi connectivity index (χ4n) is 1.71. The number of carbonyl (C=O) groups excluding carboxylic acids is 1. The molecule has 94 valence electrons. The Balaban J connectivity index is 2.31. The van der Waals surface area contributed by atoms with Gasteiger partial charge in [0.05, 0.1) is 12.2 Å². The van der Waals surface area contributed by atoms with E-state index in [1.54, 1.807) is 10.7 Å². The molecular weight excluding hydrogens is 273 g/mol. The monoisotopic (exact) mass is 283 g/mol. The lowest BCUT2D eigenvalue weighted by atomic mass is 10.2. The predicted octanol–water partition coefficient (Wildman–Crippen LogP) is 3.14. The van der Waals surface area contributed by atoms with Gasteiger partial charge in [-0.3, -0.25) is 4.79 Å². The van der Waals surface area contributed by atoms with Crippen molar-refractivity contribution in [3.63, 3.8) is 0 Å². The van der Waals surface area contributed by atoms with Crippen LogP contribution in [0.3, 0.4) is 0 Å². The summed E-state index contributed by atoms with van der Waals surface area (Å²) < 4.78 is 1.65. The molecule has 6 heteroatoms. The standard InChI is InChI=1S/C12H11Cl2N3O/c1-7-12(8(2)18)15-16-17(7)6-9-3-10(13)5-11(14)4-9/h3-5H,6H2,1-2H3. The molecule has 0 saturated heterocycles. The first-order valence-corrected chi connectivity index (χ1v) is 6.09. The molecule has 0 aliphatic heterocycles. The first kappa shape index (κ1) is 13.1. The van der Waals surface area contributed by atoms with Crippen LogP contribution in [0.4, 0.5) is 0 Å². The Bertz CT molecular complexity index is 587. The lowest BCUT2D eigenvalue weighted by Crippen LogP contribution is -2.05. The molecule has 0 spiro atoms. The highest BCUT2D eigenvalue weighted by Gasteiger charge is 2.12. The van der Waals surface area contributed by atoms with Gasteiger partial charge in [-0.25, -0.2) is 4.68 Å². The van der Waals surface area contributed by atoms with Gasteiger partial charge < -0.3 is 0 Å². The third-order valence-corrected chi connectivity index (χ3v) is 3.01. The third kappa shape index (κ3) is 2.71. The molecule has 4 nitrogen and oxygen atoms in total. The van der Waals surface area contributed by atoms with Crippen molar-refractivity contribution in [2.45, 2.75) is 20.4 Å². The molecule has 2 rings (SSSR count). The van der Waals surface area contributed by atoms with Crippen LogP contribution >= 0.6 is 23.2 Å². The molecule has 0 amide bonds. The third-order valence-electron chi connectivity index (χ3n) is 2.57. The summed E-state index contributed by atoms with van der Waals surface area (Å²) >= 11 is 11.9. The molecule has 0 fully saturated rings. The summed E-state index contributed by atoms with van der Waals surface area (Å²) in [6.07, 6.45) is 0. The van der Waals surface area contributed by atoms with Crippen molar-refractivity contribution in [2.75, 3.05) is 0 Å². The molecule has 1 aromatic heterocycles. The van der Waals surface area contributed by atoms with Crippen LogP contribution in [-0.2, 0) is 6.54 Å². The van der Waals surface area contributed by atoms with E-state index in [1.807, 2.05) is 19.1 Å². The summed E-state index contributed by atoms with van der Waals surface area (Å²) in [7, 11) is 0. The zero-order chi connectivity index (χ0) is 13.3. The Hall–Kier alpha value is -1.39. The quantitative estimate of drug-likeness (QED) is 0.813. The van der Waals surface area contributed by atoms with Crippen LogP contribution in [0.2, 0.25) is 10.0 Å². The molecule has 0 atom stereocenters. The van der Waals surface area contributed by atoms with Gasteiger partial charge in [0.15, 0.2) is 11.5 Å². The van der Waals surface area contributed by atoms with Crippen molar-refractivity contribution in [2.24, 2.45) is 0 Å². The van der Waals surface area contributed by atoms with Gasteiger partial charge in [-0.05, 0) is 30.7 Å². The highest BCUT2D eigenvalue weighted by atomic mass is 35.5. The summed E-state index contributed by atoms with van der Waals surface area (Å²) in [6, 6.07) is 5.28. The molecular formula is C12H11Cl2N3O. The summed E-state index contributed by atoms with van der Waals surface area (Å²) in [5.41, 5.74) is 2.04. The van der Waals surface area contributed by atoms with Gasteiger partial charge in [-0.2, -0.15) is 0 Å². The number of ketones is 1. The number of halogens is 2. The number of Topliss-reactive ketones (excluding diaryl/α,β-unsaturated/α-hetero) is 1. The summed E-state index contributed by atoms with van der Waals surface area (Å²) in [4.78, 5) is 11.3. The number of hydrogen-bond acceptors (Lipinski definition) is 3. The van der Waals surface area contributed by atoms with Crippen molar-refractivity contribution < 1.29 is 4.79 Å². The Morgan fingerprint density at radius 2 is 1.89 bits per heavy atom. The largest absolute Gasteiger partial charge is 0.293 e. The number of nitrogens with zero attached hydrogens (tertiary/aromatic N) is 3. The zero-order valence-corrected chi connectivity index (χ0v) is 11.5. The molecule has 0 unspecified atom stereocenters. The number of benzene rings is 1. The van der Waals surface area contributed by atoms with Crippen LogP contribution in [0.25, 0.3) is 0 Å². The number of rotatable bonds is 3. The molecule has 1 heterocycles. The smallest absolute Gasteiger partial charge is 0.181 e. The Labute approximate surface area is 115 Å². The second-order valence-electron chi connectivity index (χ2n) is 4.01. The summed E-state index contributed by atoms with van der Waals surface area (Å²) in [5, 5.41) is 8.95. The van der Waals surface area contributed by atoms with Crippen LogP contribution < -0.4 is 0 Å². The molecule has 0 aliphatic carbocycles. The first-order chi connectivity index (χ1) is 8.47. The van der Waals surface area contributed by atoms with E-state index < -0.39 is 0 Å². The van der Waals surface area contributed by atoms with Gasteiger partial charge in [-0.1, -0.05) is 28.4 Å². The normalized spacial score (nSPS) is 10.7. The predicted molar refractivity (Wildman–Crippen MR) is 70.3 cm³/mol. The molecule has 2 aromatic rings. The van der Waals surface area contributed by atoms with E-state index in [0.29, 0.717) is 22.3 Å². The Kier molecular flexibility index (Phi) is 3.68. The van der Waals surface area contributed by atoms with E-state index in [-0.39, 0.29) is 5.78 Å². The first-order valence-electron chi connectivity index (χ1n) is 5.33. The van der Waals surface area contributed by atoms with Crippen LogP contribution in [0, 0.1) is 6.92 Å². The highest BCUT2D eigenvalue weighted by Crippen LogP contribution is 2.20. The summed E-state index contributed by atoms with van der Waals surface area (Å²) in [6.45, 7) is 3.76. The molecule has 1 aromatic carbocycles. The topological polar surface area (TPSA) is 47.8 Å². The maximum Gasteiger partial charge on any atom is 0.181 e. The van der Waals surface area contributed by atoms with Crippen molar-refractivity contribution in [3.05, 3.63) is 45.2 Å². The van der Waals surface area contributed by atoms with Gasteiger partial charge in [0.25, 0.3) is 0 Å². The van der Waals surface area contributed by atoms with Crippen molar-refractivity contribution >= 4 is 29.0 Å². The molecule has 0 N–H and O–H groups in total. The van der Waals surface area contributed by atoms with E-state index >= 15 is 0 Å². The minimum absolute atomic E-state index is 0.0946. The maximum atomic E-state index is 11.3. The van der Waals surface area contributed by atoms with Gasteiger partial charge in [0.2, 0.25) is 0 Å². The minimum atomic E-state index is -0.0946. The van der Waals surface area contributed by atoms with Crippen LogP contribution in [0.5, 0.6) is 0 Å². The Morgan fingerprint density at radius 3 is 2.39 bits per heavy atom. The number of carbonyl (C=O) groups is 1. The number of aromatic nitrogens is 3.